The number of pyridine rings is 1. The van der Waals surface area contributed by atoms with Gasteiger partial charge in [0.05, 0.1) is 19.3 Å². The molecule has 1 aromatic rings. The van der Waals surface area contributed by atoms with Crippen LogP contribution in [0.15, 0.2) is 24.4 Å². The first-order chi connectivity index (χ1) is 10.4. The van der Waals surface area contributed by atoms with E-state index in [1.165, 1.54) is 25.8 Å². The number of hydrogen-bond donors (Lipinski definition) is 0. The second-order valence-electron chi connectivity index (χ2n) is 6.73. The zero-order valence-corrected chi connectivity index (χ0v) is 12.5. The summed E-state index contributed by atoms with van der Waals surface area (Å²) in [5, 5.41) is 0. The van der Waals surface area contributed by atoms with Gasteiger partial charge >= 0.3 is 0 Å². The molecule has 1 aliphatic heterocycles. The summed E-state index contributed by atoms with van der Waals surface area (Å²) in [7, 11) is 0. The normalized spacial score (nSPS) is 32.9. The van der Waals surface area contributed by atoms with Crippen LogP contribution in [0.4, 0.5) is 0 Å². The lowest BCUT2D eigenvalue weighted by Gasteiger charge is -2.37. The predicted molar refractivity (Wildman–Crippen MR) is 80.3 cm³/mol. The van der Waals surface area contributed by atoms with E-state index >= 15 is 0 Å². The van der Waals surface area contributed by atoms with Crippen LogP contribution in [-0.2, 0) is 4.74 Å². The van der Waals surface area contributed by atoms with Crippen molar-refractivity contribution in [2.45, 2.75) is 37.8 Å². The summed E-state index contributed by atoms with van der Waals surface area (Å²) in [6, 6.07) is 6.44. The molecule has 4 heteroatoms. The van der Waals surface area contributed by atoms with Crippen LogP contribution >= 0.6 is 0 Å². The van der Waals surface area contributed by atoms with Crippen molar-refractivity contribution in [3.05, 3.63) is 24.4 Å². The first kappa shape index (κ1) is 13.5. The maximum atomic E-state index is 6.00. The molecule has 0 spiro atoms. The van der Waals surface area contributed by atoms with Crippen LogP contribution in [0.1, 0.15) is 25.7 Å². The Bertz CT molecular complexity index is 463. The number of rotatable bonds is 5. The molecule has 0 amide bonds. The highest BCUT2D eigenvalue weighted by molar-refractivity contribution is 5.09. The molecule has 4 rings (SSSR count). The van der Waals surface area contributed by atoms with Gasteiger partial charge in [0.25, 0.3) is 0 Å². The van der Waals surface area contributed by atoms with E-state index < -0.39 is 0 Å². The monoisotopic (exact) mass is 288 g/mol. The Kier molecular flexibility index (Phi) is 3.82. The number of aromatic nitrogens is 1. The minimum absolute atomic E-state index is 0.426. The molecule has 3 atom stereocenters. The predicted octanol–water partition coefficient (Wildman–Crippen LogP) is 2.35. The molecule has 0 unspecified atom stereocenters. The minimum Gasteiger partial charge on any atom is -0.477 e. The van der Waals surface area contributed by atoms with Crippen molar-refractivity contribution < 1.29 is 9.47 Å². The van der Waals surface area contributed by atoms with Crippen LogP contribution in [0.2, 0.25) is 0 Å². The second-order valence-corrected chi connectivity index (χ2v) is 6.73. The highest BCUT2D eigenvalue weighted by atomic mass is 16.5. The van der Waals surface area contributed by atoms with Crippen LogP contribution in [0, 0.1) is 11.8 Å². The van der Waals surface area contributed by atoms with Gasteiger partial charge in [0.15, 0.2) is 0 Å². The van der Waals surface area contributed by atoms with Gasteiger partial charge in [-0.2, -0.15) is 0 Å². The molecule has 114 valence electrons. The molecule has 0 bridgehead atoms. The fourth-order valence-electron chi connectivity index (χ4n) is 3.76. The number of fused-ring (bicyclic) bond motifs is 1. The van der Waals surface area contributed by atoms with Gasteiger partial charge in [0, 0.05) is 31.4 Å². The SMILES string of the molecule is c1ccc(OC[C@H]2C[C@@H]3[C@@H](C2)OCCN3CC2CC2)nc1. The summed E-state index contributed by atoms with van der Waals surface area (Å²) in [5.41, 5.74) is 0. The van der Waals surface area contributed by atoms with Crippen molar-refractivity contribution in [1.82, 2.24) is 9.88 Å². The van der Waals surface area contributed by atoms with Crippen molar-refractivity contribution in [2.24, 2.45) is 11.8 Å². The third kappa shape index (κ3) is 3.22. The highest BCUT2D eigenvalue weighted by Crippen LogP contribution is 2.37. The Labute approximate surface area is 126 Å². The number of hydrogen-bond acceptors (Lipinski definition) is 4. The van der Waals surface area contributed by atoms with Gasteiger partial charge in [-0.15, -0.1) is 0 Å². The zero-order valence-electron chi connectivity index (χ0n) is 12.5. The maximum Gasteiger partial charge on any atom is 0.213 e. The van der Waals surface area contributed by atoms with Gasteiger partial charge in [-0.1, -0.05) is 6.07 Å². The fraction of sp³-hybridized carbons (Fsp3) is 0.706. The summed E-state index contributed by atoms with van der Waals surface area (Å²) >= 11 is 0. The molecule has 3 aliphatic rings. The topological polar surface area (TPSA) is 34.6 Å². The quantitative estimate of drug-likeness (QED) is 0.833. The van der Waals surface area contributed by atoms with Crippen LogP contribution in [0.3, 0.4) is 0 Å². The van der Waals surface area contributed by atoms with Gasteiger partial charge in [-0.05, 0) is 43.6 Å². The molecule has 1 saturated heterocycles. The molecular formula is C17H24N2O2. The Morgan fingerprint density at radius 3 is 3.00 bits per heavy atom. The standard InChI is InChI=1S/C17H24N2O2/c1-2-6-18-17(3-1)21-12-14-9-15-16(10-14)20-8-7-19(15)11-13-4-5-13/h1-3,6,13-16H,4-5,7-12H2/t14-,15+,16+/m0/s1. The van der Waals surface area contributed by atoms with Crippen LogP contribution in [-0.4, -0.2) is 48.3 Å². The molecule has 0 radical (unpaired) electrons. The molecule has 21 heavy (non-hydrogen) atoms. The van der Waals surface area contributed by atoms with Gasteiger partial charge < -0.3 is 9.47 Å². The molecule has 0 N–H and O–H groups in total. The van der Waals surface area contributed by atoms with Gasteiger partial charge in [0.1, 0.15) is 0 Å². The third-order valence-electron chi connectivity index (χ3n) is 5.04. The van der Waals surface area contributed by atoms with E-state index in [0.29, 0.717) is 18.1 Å². The summed E-state index contributed by atoms with van der Waals surface area (Å²) < 4.78 is 11.8. The van der Waals surface area contributed by atoms with Crippen molar-refractivity contribution >= 4 is 0 Å². The molecule has 4 nitrogen and oxygen atoms in total. The van der Waals surface area contributed by atoms with Gasteiger partial charge in [-0.3, -0.25) is 4.90 Å². The minimum atomic E-state index is 0.426. The Morgan fingerprint density at radius 1 is 1.24 bits per heavy atom. The van der Waals surface area contributed by atoms with E-state index in [-0.39, 0.29) is 0 Å². The van der Waals surface area contributed by atoms with Crippen LogP contribution < -0.4 is 4.74 Å². The summed E-state index contributed by atoms with van der Waals surface area (Å²) in [4.78, 5) is 6.92. The second kappa shape index (κ2) is 5.93. The van der Waals surface area contributed by atoms with E-state index in [1.807, 2.05) is 18.2 Å². The molecule has 2 saturated carbocycles. The fourth-order valence-corrected chi connectivity index (χ4v) is 3.76. The summed E-state index contributed by atoms with van der Waals surface area (Å²) in [6.07, 6.45) is 7.42. The number of ether oxygens (including phenoxy) is 2. The maximum absolute atomic E-state index is 6.00. The van der Waals surface area contributed by atoms with Crippen molar-refractivity contribution in [3.8, 4) is 5.88 Å². The molecule has 0 aromatic carbocycles. The first-order valence-corrected chi connectivity index (χ1v) is 8.28. The van der Waals surface area contributed by atoms with Gasteiger partial charge in [0.2, 0.25) is 5.88 Å². The first-order valence-electron chi connectivity index (χ1n) is 8.28. The Balaban J connectivity index is 1.32. The van der Waals surface area contributed by atoms with Crippen LogP contribution in [0.25, 0.3) is 0 Å². The lowest BCUT2D eigenvalue weighted by molar-refractivity contribution is -0.0571. The van der Waals surface area contributed by atoms with Crippen molar-refractivity contribution in [3.63, 3.8) is 0 Å². The Morgan fingerprint density at radius 2 is 2.19 bits per heavy atom. The van der Waals surface area contributed by atoms with E-state index in [9.17, 15) is 0 Å². The van der Waals surface area contributed by atoms with Crippen molar-refractivity contribution in [2.75, 3.05) is 26.3 Å². The largest absolute Gasteiger partial charge is 0.477 e. The van der Waals surface area contributed by atoms with Crippen LogP contribution in [0.5, 0.6) is 5.88 Å². The average molecular weight is 288 g/mol. The molecule has 3 fully saturated rings. The van der Waals surface area contributed by atoms with Crippen molar-refractivity contribution in [1.29, 1.82) is 0 Å². The molecule has 2 aliphatic carbocycles. The highest BCUT2D eigenvalue weighted by Gasteiger charge is 2.42. The molecule has 1 aromatic heterocycles. The molecular weight excluding hydrogens is 264 g/mol. The summed E-state index contributed by atoms with van der Waals surface area (Å²) in [6.45, 7) is 4.08. The average Bonchev–Trinajstić information content (AvgIpc) is 3.23. The number of nitrogens with zero attached hydrogens (tertiary/aromatic N) is 2. The third-order valence-corrected chi connectivity index (χ3v) is 5.04. The number of morpholine rings is 1. The zero-order chi connectivity index (χ0) is 14.1. The summed E-state index contributed by atoms with van der Waals surface area (Å²) in [5.74, 6) is 2.30. The molecule has 2 heterocycles. The van der Waals surface area contributed by atoms with E-state index in [0.717, 1.165) is 38.0 Å². The Hall–Kier alpha value is -1.13. The van der Waals surface area contributed by atoms with E-state index in [1.54, 1.807) is 6.20 Å². The van der Waals surface area contributed by atoms with E-state index in [2.05, 4.69) is 9.88 Å². The lowest BCUT2D eigenvalue weighted by atomic mass is 10.1. The van der Waals surface area contributed by atoms with Gasteiger partial charge in [-0.25, -0.2) is 4.98 Å². The lowest BCUT2D eigenvalue weighted by Crippen LogP contribution is -2.49. The van der Waals surface area contributed by atoms with E-state index in [4.69, 9.17) is 9.47 Å². The smallest absolute Gasteiger partial charge is 0.213 e.